The monoisotopic (exact) mass is 235 g/mol. The maximum atomic E-state index is 10.6. The van der Waals surface area contributed by atoms with Gasteiger partial charge in [0, 0.05) is 13.6 Å². The molecule has 0 unspecified atom stereocenters. The molecule has 1 aromatic carbocycles. The van der Waals surface area contributed by atoms with Crippen molar-refractivity contribution in [2.24, 2.45) is 7.05 Å². The lowest BCUT2D eigenvalue weighted by molar-refractivity contribution is 0.261. The summed E-state index contributed by atoms with van der Waals surface area (Å²) in [7, 11) is 1.97. The fourth-order valence-corrected chi connectivity index (χ4v) is 1.76. The number of fused-ring (bicyclic) bond motifs is 1. The smallest absolute Gasteiger partial charge is 0.275 e. The van der Waals surface area contributed by atoms with Crippen molar-refractivity contribution < 1.29 is 4.79 Å². The van der Waals surface area contributed by atoms with Crippen LogP contribution in [0, 0.1) is 0 Å². The molecule has 0 bridgehead atoms. The SMILES string of the molecule is Cn1cnc2cc(CCNC(=O)S)ccc21. The summed E-state index contributed by atoms with van der Waals surface area (Å²) < 4.78 is 1.98. The van der Waals surface area contributed by atoms with E-state index in [0.29, 0.717) is 6.54 Å². The highest BCUT2D eigenvalue weighted by Crippen LogP contribution is 2.13. The summed E-state index contributed by atoms with van der Waals surface area (Å²) in [5.41, 5.74) is 3.26. The standard InChI is InChI=1S/C11H13N3OS/c1-14-7-13-9-6-8(2-3-10(9)14)4-5-12-11(15)16/h2-3,6-7H,4-5H2,1H3,(H2,12,15,16). The highest BCUT2D eigenvalue weighted by Gasteiger charge is 2.01. The van der Waals surface area contributed by atoms with E-state index in [4.69, 9.17) is 0 Å². The van der Waals surface area contributed by atoms with Gasteiger partial charge in [0.1, 0.15) is 0 Å². The van der Waals surface area contributed by atoms with Gasteiger partial charge >= 0.3 is 0 Å². The predicted octanol–water partition coefficient (Wildman–Crippen LogP) is 1.76. The molecule has 0 spiro atoms. The van der Waals surface area contributed by atoms with E-state index in [1.54, 1.807) is 6.33 Å². The molecule has 0 fully saturated rings. The molecule has 0 aliphatic heterocycles. The number of carbonyl (C=O) groups excluding carboxylic acids is 1. The molecular weight excluding hydrogens is 222 g/mol. The van der Waals surface area contributed by atoms with E-state index >= 15 is 0 Å². The largest absolute Gasteiger partial charge is 0.347 e. The summed E-state index contributed by atoms with van der Waals surface area (Å²) in [5, 5.41) is 2.35. The number of nitrogens with one attached hydrogen (secondary N) is 1. The number of nitrogens with zero attached hydrogens (tertiary/aromatic N) is 2. The first kappa shape index (κ1) is 11.0. The fourth-order valence-electron chi connectivity index (χ4n) is 1.65. The van der Waals surface area contributed by atoms with Crippen molar-refractivity contribution >= 4 is 28.9 Å². The number of amides is 1. The third kappa shape index (κ3) is 2.36. The second-order valence-electron chi connectivity index (χ2n) is 3.66. The van der Waals surface area contributed by atoms with Gasteiger partial charge in [-0.2, -0.15) is 0 Å². The number of aromatic nitrogens is 2. The quantitative estimate of drug-likeness (QED) is 0.796. The minimum atomic E-state index is -0.293. The zero-order valence-electron chi connectivity index (χ0n) is 8.97. The molecular formula is C11H13N3OS. The van der Waals surface area contributed by atoms with E-state index in [0.717, 1.165) is 23.0 Å². The number of rotatable bonds is 3. The molecule has 0 saturated heterocycles. The van der Waals surface area contributed by atoms with Crippen LogP contribution in [0.3, 0.4) is 0 Å². The van der Waals surface area contributed by atoms with Gasteiger partial charge in [-0.3, -0.25) is 4.79 Å². The number of carbonyl (C=O) groups is 1. The van der Waals surface area contributed by atoms with E-state index in [9.17, 15) is 4.79 Å². The van der Waals surface area contributed by atoms with Crippen LogP contribution < -0.4 is 5.32 Å². The normalized spacial score (nSPS) is 10.6. The van der Waals surface area contributed by atoms with Crippen LogP contribution in [0.4, 0.5) is 4.79 Å². The van der Waals surface area contributed by atoms with Gasteiger partial charge in [-0.05, 0) is 24.1 Å². The molecule has 1 N–H and O–H groups in total. The highest BCUT2D eigenvalue weighted by molar-refractivity contribution is 7.96. The van der Waals surface area contributed by atoms with Gasteiger partial charge in [0.25, 0.3) is 5.24 Å². The van der Waals surface area contributed by atoms with E-state index in [1.165, 1.54) is 0 Å². The predicted molar refractivity (Wildman–Crippen MR) is 66.8 cm³/mol. The first-order valence-electron chi connectivity index (χ1n) is 5.03. The van der Waals surface area contributed by atoms with Crippen molar-refractivity contribution in [3.05, 3.63) is 30.1 Å². The number of hydrogen-bond acceptors (Lipinski definition) is 2. The molecule has 16 heavy (non-hydrogen) atoms. The van der Waals surface area contributed by atoms with Crippen LogP contribution in [-0.4, -0.2) is 21.3 Å². The first-order valence-corrected chi connectivity index (χ1v) is 5.48. The van der Waals surface area contributed by atoms with Crippen LogP contribution in [0.1, 0.15) is 5.56 Å². The lowest BCUT2D eigenvalue weighted by Gasteiger charge is -2.02. The lowest BCUT2D eigenvalue weighted by atomic mass is 10.1. The van der Waals surface area contributed by atoms with E-state index in [-0.39, 0.29) is 5.24 Å². The van der Waals surface area contributed by atoms with E-state index in [1.807, 2.05) is 23.7 Å². The molecule has 1 amide bonds. The van der Waals surface area contributed by atoms with Gasteiger partial charge in [0.2, 0.25) is 0 Å². The van der Waals surface area contributed by atoms with Gasteiger partial charge in [0.05, 0.1) is 17.4 Å². The topological polar surface area (TPSA) is 46.9 Å². The van der Waals surface area contributed by atoms with Crippen molar-refractivity contribution in [1.29, 1.82) is 0 Å². The van der Waals surface area contributed by atoms with E-state index in [2.05, 4.69) is 29.0 Å². The Balaban J connectivity index is 2.11. The van der Waals surface area contributed by atoms with Gasteiger partial charge in [-0.15, -0.1) is 0 Å². The maximum absolute atomic E-state index is 10.6. The number of imidazole rings is 1. The second kappa shape index (κ2) is 4.57. The number of aryl methyl sites for hydroxylation is 1. The minimum Gasteiger partial charge on any atom is -0.347 e. The Morgan fingerprint density at radius 1 is 1.56 bits per heavy atom. The third-order valence-corrected chi connectivity index (χ3v) is 2.64. The maximum Gasteiger partial charge on any atom is 0.275 e. The average Bonchev–Trinajstić information content (AvgIpc) is 2.60. The summed E-state index contributed by atoms with van der Waals surface area (Å²) >= 11 is 3.64. The summed E-state index contributed by atoms with van der Waals surface area (Å²) in [6, 6.07) is 6.13. The molecule has 0 aliphatic carbocycles. The Bertz CT molecular complexity index is 521. The number of benzene rings is 1. The first-order chi connectivity index (χ1) is 7.66. The molecule has 1 heterocycles. The fraction of sp³-hybridized carbons (Fsp3) is 0.273. The summed E-state index contributed by atoms with van der Waals surface area (Å²) in [6.07, 6.45) is 2.59. The van der Waals surface area contributed by atoms with Crippen molar-refractivity contribution in [2.75, 3.05) is 6.54 Å². The zero-order chi connectivity index (χ0) is 11.5. The Labute approximate surface area is 99.1 Å². The van der Waals surface area contributed by atoms with Crippen LogP contribution in [0.15, 0.2) is 24.5 Å². The van der Waals surface area contributed by atoms with Crippen LogP contribution in [0.2, 0.25) is 0 Å². The molecule has 2 rings (SSSR count). The Morgan fingerprint density at radius 2 is 2.38 bits per heavy atom. The van der Waals surface area contributed by atoms with Crippen LogP contribution in [-0.2, 0) is 13.5 Å². The van der Waals surface area contributed by atoms with Crippen LogP contribution in [0.5, 0.6) is 0 Å². The highest BCUT2D eigenvalue weighted by atomic mass is 32.1. The van der Waals surface area contributed by atoms with Crippen molar-refractivity contribution in [3.8, 4) is 0 Å². The summed E-state index contributed by atoms with van der Waals surface area (Å²) in [6.45, 7) is 0.598. The number of hydrogen-bond donors (Lipinski definition) is 2. The Morgan fingerprint density at radius 3 is 3.12 bits per heavy atom. The van der Waals surface area contributed by atoms with Gasteiger partial charge in [-0.25, -0.2) is 4.98 Å². The summed E-state index contributed by atoms with van der Waals surface area (Å²) in [4.78, 5) is 14.9. The third-order valence-electron chi connectivity index (χ3n) is 2.48. The molecule has 0 saturated carbocycles. The van der Waals surface area contributed by atoms with E-state index < -0.39 is 0 Å². The lowest BCUT2D eigenvalue weighted by Crippen LogP contribution is -2.19. The Hall–Kier alpha value is -1.49. The van der Waals surface area contributed by atoms with Gasteiger partial charge in [-0.1, -0.05) is 18.7 Å². The van der Waals surface area contributed by atoms with Crippen molar-refractivity contribution in [2.45, 2.75) is 6.42 Å². The second-order valence-corrected chi connectivity index (χ2v) is 4.07. The molecule has 4 nitrogen and oxygen atoms in total. The van der Waals surface area contributed by atoms with Crippen molar-refractivity contribution in [1.82, 2.24) is 14.9 Å². The van der Waals surface area contributed by atoms with Crippen molar-refractivity contribution in [3.63, 3.8) is 0 Å². The zero-order valence-corrected chi connectivity index (χ0v) is 9.87. The van der Waals surface area contributed by atoms with Gasteiger partial charge < -0.3 is 9.88 Å². The van der Waals surface area contributed by atoms with Crippen LogP contribution >= 0.6 is 12.6 Å². The molecule has 0 radical (unpaired) electrons. The van der Waals surface area contributed by atoms with Gasteiger partial charge in [0.15, 0.2) is 0 Å². The molecule has 1 aromatic heterocycles. The summed E-state index contributed by atoms with van der Waals surface area (Å²) in [5.74, 6) is 0. The number of thiol groups is 1. The Kier molecular flexibility index (Phi) is 3.14. The minimum absolute atomic E-state index is 0.293. The van der Waals surface area contributed by atoms with Crippen LogP contribution in [0.25, 0.3) is 11.0 Å². The molecule has 0 aliphatic rings. The molecule has 84 valence electrons. The molecule has 5 heteroatoms. The molecule has 0 atom stereocenters. The molecule has 2 aromatic rings. The average molecular weight is 235 g/mol.